The summed E-state index contributed by atoms with van der Waals surface area (Å²) in [6.45, 7) is 1.86. The second-order valence-electron chi connectivity index (χ2n) is 7.08. The van der Waals surface area contributed by atoms with Gasteiger partial charge in [0.2, 0.25) is 0 Å². The molecule has 0 heterocycles. The Morgan fingerprint density at radius 3 is 2.23 bits per heavy atom. The van der Waals surface area contributed by atoms with Gasteiger partial charge in [0.15, 0.2) is 0 Å². The molecule has 0 bridgehead atoms. The van der Waals surface area contributed by atoms with Crippen LogP contribution in [0.1, 0.15) is 84.0 Å². The fourth-order valence-corrected chi connectivity index (χ4v) is 4.26. The summed E-state index contributed by atoms with van der Waals surface area (Å²) in [6, 6.07) is 0. The van der Waals surface area contributed by atoms with Crippen LogP contribution < -0.4 is 0 Å². The lowest BCUT2D eigenvalue weighted by Crippen LogP contribution is -2.46. The van der Waals surface area contributed by atoms with Crippen LogP contribution in [0.2, 0.25) is 0 Å². The van der Waals surface area contributed by atoms with Gasteiger partial charge in [0, 0.05) is 0 Å². The number of carbonyl (C=O) groups excluding carboxylic acids is 1. The number of esters is 1. The van der Waals surface area contributed by atoms with Crippen LogP contribution in [0.5, 0.6) is 0 Å². The van der Waals surface area contributed by atoms with E-state index in [0.29, 0.717) is 12.3 Å². The van der Waals surface area contributed by atoms with E-state index in [1.54, 1.807) is 0 Å². The van der Waals surface area contributed by atoms with Gasteiger partial charge >= 0.3 is 11.9 Å². The molecule has 0 spiro atoms. The molecular weight excluding hydrogens is 280 g/mol. The lowest BCUT2D eigenvalue weighted by atomic mass is 9.69. The van der Waals surface area contributed by atoms with Crippen LogP contribution >= 0.6 is 0 Å². The maximum Gasteiger partial charge on any atom is 0.310 e. The summed E-state index contributed by atoms with van der Waals surface area (Å²) in [5, 5.41) is 8.97. The zero-order valence-corrected chi connectivity index (χ0v) is 13.8. The molecule has 22 heavy (non-hydrogen) atoms. The van der Waals surface area contributed by atoms with Crippen LogP contribution in [0.15, 0.2) is 0 Å². The first kappa shape index (κ1) is 17.3. The van der Waals surface area contributed by atoms with E-state index < -0.39 is 11.9 Å². The SMILES string of the molecule is CCC(CC(=O)O)C(=O)OC1(C2CCCCC2)CCCCC1. The number of rotatable bonds is 6. The Labute approximate surface area is 133 Å². The van der Waals surface area contributed by atoms with E-state index in [1.165, 1.54) is 25.7 Å². The van der Waals surface area contributed by atoms with Gasteiger partial charge < -0.3 is 9.84 Å². The van der Waals surface area contributed by atoms with Crippen LogP contribution in [0.25, 0.3) is 0 Å². The Hall–Kier alpha value is -1.06. The highest BCUT2D eigenvalue weighted by Crippen LogP contribution is 2.44. The quantitative estimate of drug-likeness (QED) is 0.742. The van der Waals surface area contributed by atoms with Gasteiger partial charge in [-0.3, -0.25) is 9.59 Å². The molecule has 0 aromatic carbocycles. The molecule has 2 aliphatic carbocycles. The van der Waals surface area contributed by atoms with Crippen molar-refractivity contribution in [3.63, 3.8) is 0 Å². The fraction of sp³-hybridized carbons (Fsp3) is 0.889. The van der Waals surface area contributed by atoms with Crippen molar-refractivity contribution >= 4 is 11.9 Å². The minimum Gasteiger partial charge on any atom is -0.481 e. The van der Waals surface area contributed by atoms with Gasteiger partial charge in [0.1, 0.15) is 5.60 Å². The normalized spacial score (nSPS) is 23.7. The van der Waals surface area contributed by atoms with E-state index in [1.807, 2.05) is 6.92 Å². The number of carboxylic acids is 1. The van der Waals surface area contributed by atoms with Crippen molar-refractivity contribution in [1.82, 2.24) is 0 Å². The molecule has 4 heteroatoms. The highest BCUT2D eigenvalue weighted by molar-refractivity contribution is 5.79. The van der Waals surface area contributed by atoms with Crippen LogP contribution in [-0.4, -0.2) is 22.6 Å². The minimum absolute atomic E-state index is 0.115. The Morgan fingerprint density at radius 2 is 1.68 bits per heavy atom. The topological polar surface area (TPSA) is 63.6 Å². The maximum absolute atomic E-state index is 12.5. The molecule has 0 aromatic heterocycles. The molecule has 1 unspecified atom stereocenters. The van der Waals surface area contributed by atoms with Gasteiger partial charge in [0.25, 0.3) is 0 Å². The molecule has 2 fully saturated rings. The molecule has 0 aliphatic heterocycles. The number of hydrogen-bond acceptors (Lipinski definition) is 3. The van der Waals surface area contributed by atoms with Crippen LogP contribution in [0, 0.1) is 11.8 Å². The van der Waals surface area contributed by atoms with E-state index in [9.17, 15) is 9.59 Å². The standard InChI is InChI=1S/C18H30O4/c1-2-14(13-16(19)20)17(21)22-18(11-7-4-8-12-18)15-9-5-3-6-10-15/h14-15H,2-13H2,1H3,(H,19,20). The summed E-state index contributed by atoms with van der Waals surface area (Å²) in [5.41, 5.74) is -0.304. The third kappa shape index (κ3) is 4.23. The first-order valence-corrected chi connectivity index (χ1v) is 9.02. The summed E-state index contributed by atoms with van der Waals surface area (Å²) in [4.78, 5) is 23.5. The van der Waals surface area contributed by atoms with Crippen LogP contribution in [0.3, 0.4) is 0 Å². The van der Waals surface area contributed by atoms with Crippen molar-refractivity contribution in [2.24, 2.45) is 11.8 Å². The minimum atomic E-state index is -0.917. The number of carbonyl (C=O) groups is 2. The lowest BCUT2D eigenvalue weighted by Gasteiger charge is -2.45. The predicted octanol–water partition coefficient (Wildman–Crippen LogP) is 4.31. The first-order chi connectivity index (χ1) is 10.6. The second-order valence-corrected chi connectivity index (χ2v) is 7.08. The van der Waals surface area contributed by atoms with E-state index in [4.69, 9.17) is 9.84 Å². The van der Waals surface area contributed by atoms with E-state index in [-0.39, 0.29) is 18.0 Å². The highest BCUT2D eigenvalue weighted by atomic mass is 16.6. The largest absolute Gasteiger partial charge is 0.481 e. The zero-order chi connectivity index (χ0) is 16.0. The number of ether oxygens (including phenoxy) is 1. The summed E-state index contributed by atoms with van der Waals surface area (Å²) < 4.78 is 6.07. The predicted molar refractivity (Wildman–Crippen MR) is 84.5 cm³/mol. The Kier molecular flexibility index (Phi) is 6.27. The molecule has 2 rings (SSSR count). The van der Waals surface area contributed by atoms with Crippen LogP contribution in [-0.2, 0) is 14.3 Å². The first-order valence-electron chi connectivity index (χ1n) is 9.02. The number of carboxylic acid groups (broad SMARTS) is 1. The second kappa shape index (κ2) is 7.98. The average molecular weight is 310 g/mol. The summed E-state index contributed by atoms with van der Waals surface area (Å²) >= 11 is 0. The molecule has 2 saturated carbocycles. The van der Waals surface area contributed by atoms with Crippen molar-refractivity contribution in [1.29, 1.82) is 0 Å². The van der Waals surface area contributed by atoms with Gasteiger partial charge in [-0.1, -0.05) is 32.6 Å². The highest BCUT2D eigenvalue weighted by Gasteiger charge is 2.44. The lowest BCUT2D eigenvalue weighted by molar-refractivity contribution is -0.180. The fourth-order valence-electron chi connectivity index (χ4n) is 4.26. The molecule has 0 aromatic rings. The van der Waals surface area contributed by atoms with E-state index in [2.05, 4.69) is 0 Å². The zero-order valence-electron chi connectivity index (χ0n) is 13.8. The number of aliphatic carboxylic acids is 1. The van der Waals surface area contributed by atoms with Crippen molar-refractivity contribution < 1.29 is 19.4 Å². The molecule has 1 atom stereocenters. The Morgan fingerprint density at radius 1 is 1.09 bits per heavy atom. The molecule has 0 amide bonds. The van der Waals surface area contributed by atoms with Crippen molar-refractivity contribution in [3.05, 3.63) is 0 Å². The average Bonchev–Trinajstić information content (AvgIpc) is 2.54. The monoisotopic (exact) mass is 310 g/mol. The molecule has 0 radical (unpaired) electrons. The summed E-state index contributed by atoms with van der Waals surface area (Å²) in [6.07, 6.45) is 11.9. The van der Waals surface area contributed by atoms with Crippen molar-refractivity contribution in [3.8, 4) is 0 Å². The Balaban J connectivity index is 2.08. The molecule has 0 saturated heterocycles. The van der Waals surface area contributed by atoms with Gasteiger partial charge in [-0.05, 0) is 50.9 Å². The number of hydrogen-bond donors (Lipinski definition) is 1. The van der Waals surface area contributed by atoms with Gasteiger partial charge in [-0.25, -0.2) is 0 Å². The van der Waals surface area contributed by atoms with Crippen molar-refractivity contribution in [2.45, 2.75) is 89.6 Å². The molecule has 126 valence electrons. The third-order valence-electron chi connectivity index (χ3n) is 5.60. The molecule has 1 N–H and O–H groups in total. The van der Waals surface area contributed by atoms with Crippen LogP contribution in [0.4, 0.5) is 0 Å². The summed E-state index contributed by atoms with van der Waals surface area (Å²) in [5.74, 6) is -1.22. The smallest absolute Gasteiger partial charge is 0.310 e. The van der Waals surface area contributed by atoms with Crippen molar-refractivity contribution in [2.75, 3.05) is 0 Å². The van der Waals surface area contributed by atoms with E-state index in [0.717, 1.165) is 38.5 Å². The Bertz CT molecular complexity index is 379. The summed E-state index contributed by atoms with van der Waals surface area (Å²) in [7, 11) is 0. The van der Waals surface area contributed by atoms with Gasteiger partial charge in [0.05, 0.1) is 12.3 Å². The maximum atomic E-state index is 12.5. The van der Waals surface area contributed by atoms with Gasteiger partial charge in [-0.2, -0.15) is 0 Å². The molecule has 2 aliphatic rings. The van der Waals surface area contributed by atoms with Gasteiger partial charge in [-0.15, -0.1) is 0 Å². The van der Waals surface area contributed by atoms with E-state index >= 15 is 0 Å². The molecule has 4 nitrogen and oxygen atoms in total. The third-order valence-corrected chi connectivity index (χ3v) is 5.60. The molecular formula is C18H30O4.